The lowest BCUT2D eigenvalue weighted by Gasteiger charge is -2.18. The fourth-order valence-corrected chi connectivity index (χ4v) is 3.56. The van der Waals surface area contributed by atoms with Crippen LogP contribution in [0.15, 0.2) is 39.8 Å². The minimum absolute atomic E-state index is 0.119. The highest BCUT2D eigenvalue weighted by Gasteiger charge is 2.26. The van der Waals surface area contributed by atoms with Gasteiger partial charge in [0.15, 0.2) is 17.3 Å². The number of furan rings is 1. The van der Waals surface area contributed by atoms with E-state index < -0.39 is 21.5 Å². The molecule has 0 radical (unpaired) electrons. The van der Waals surface area contributed by atoms with Crippen LogP contribution in [-0.4, -0.2) is 26.7 Å². The van der Waals surface area contributed by atoms with Crippen LogP contribution in [0.2, 0.25) is 0 Å². The van der Waals surface area contributed by atoms with Crippen LogP contribution in [-0.2, 0) is 10.0 Å². The molecule has 1 aromatic carbocycles. The van der Waals surface area contributed by atoms with Crippen molar-refractivity contribution < 1.29 is 27.1 Å². The van der Waals surface area contributed by atoms with E-state index in [1.165, 1.54) is 12.1 Å². The van der Waals surface area contributed by atoms with Gasteiger partial charge in [0.1, 0.15) is 0 Å². The van der Waals surface area contributed by atoms with Crippen molar-refractivity contribution in [2.45, 2.75) is 31.4 Å². The number of anilines is 1. The second-order valence-electron chi connectivity index (χ2n) is 6.50. The van der Waals surface area contributed by atoms with Crippen LogP contribution in [0.4, 0.5) is 5.69 Å². The number of carbonyl (C=O) groups is 1. The molecule has 9 heteroatoms. The lowest BCUT2D eigenvalue weighted by atomic mass is 10.1. The molecule has 2 heterocycles. The maximum Gasteiger partial charge on any atom is 0.291 e. The van der Waals surface area contributed by atoms with Gasteiger partial charge in [0.25, 0.3) is 15.9 Å². The van der Waals surface area contributed by atoms with Crippen molar-refractivity contribution in [1.82, 2.24) is 4.72 Å². The van der Waals surface area contributed by atoms with Gasteiger partial charge in [-0.2, -0.15) is 0 Å². The Hall–Kier alpha value is -2.52. The monoisotopic (exact) mass is 366 g/mol. The Balaban J connectivity index is 1.75. The molecule has 0 bridgehead atoms. The third kappa shape index (κ3) is 3.94. The van der Waals surface area contributed by atoms with E-state index in [0.29, 0.717) is 17.2 Å². The fourth-order valence-electron chi connectivity index (χ4n) is 2.21. The van der Waals surface area contributed by atoms with Crippen LogP contribution in [0, 0.1) is 0 Å². The summed E-state index contributed by atoms with van der Waals surface area (Å²) in [7, 11) is -3.84. The molecule has 25 heavy (non-hydrogen) atoms. The van der Waals surface area contributed by atoms with E-state index in [2.05, 4.69) is 10.0 Å². The summed E-state index contributed by atoms with van der Waals surface area (Å²) in [6.45, 7) is 5.26. The molecule has 2 N–H and O–H groups in total. The summed E-state index contributed by atoms with van der Waals surface area (Å²) >= 11 is 0. The number of hydrogen-bond acceptors (Lipinski definition) is 6. The van der Waals surface area contributed by atoms with Crippen molar-refractivity contribution in [3.63, 3.8) is 0 Å². The van der Waals surface area contributed by atoms with Gasteiger partial charge in [-0.1, -0.05) is 0 Å². The largest absolute Gasteiger partial charge is 0.454 e. The molecule has 134 valence electrons. The van der Waals surface area contributed by atoms with Crippen molar-refractivity contribution in [2.24, 2.45) is 0 Å². The number of ether oxygens (including phenoxy) is 2. The maximum atomic E-state index is 12.2. The molecular formula is C16H18N2O6S. The molecule has 0 fully saturated rings. The Morgan fingerprint density at radius 1 is 1.08 bits per heavy atom. The molecule has 1 aliphatic heterocycles. The second kappa shape index (κ2) is 6.08. The van der Waals surface area contributed by atoms with Crippen molar-refractivity contribution >= 4 is 21.6 Å². The van der Waals surface area contributed by atoms with Gasteiger partial charge in [0, 0.05) is 17.3 Å². The lowest BCUT2D eigenvalue weighted by molar-refractivity contribution is 0.0991. The van der Waals surface area contributed by atoms with E-state index in [4.69, 9.17) is 13.9 Å². The summed E-state index contributed by atoms with van der Waals surface area (Å²) in [5, 5.41) is 2.30. The lowest BCUT2D eigenvalue weighted by Crippen LogP contribution is -2.40. The first-order valence-electron chi connectivity index (χ1n) is 7.49. The Labute approximate surface area is 145 Å². The topological polar surface area (TPSA) is 107 Å². The van der Waals surface area contributed by atoms with E-state index in [1.807, 2.05) is 0 Å². The van der Waals surface area contributed by atoms with Crippen LogP contribution >= 0.6 is 0 Å². The Morgan fingerprint density at radius 3 is 2.52 bits per heavy atom. The number of fused-ring (bicyclic) bond motifs is 1. The Bertz CT molecular complexity index is 911. The number of hydrogen-bond donors (Lipinski definition) is 2. The quantitative estimate of drug-likeness (QED) is 0.860. The average molecular weight is 366 g/mol. The van der Waals surface area contributed by atoms with Crippen molar-refractivity contribution in [3.05, 3.63) is 36.1 Å². The van der Waals surface area contributed by atoms with Gasteiger partial charge in [0.2, 0.25) is 11.9 Å². The summed E-state index contributed by atoms with van der Waals surface area (Å²) in [6, 6.07) is 7.47. The molecule has 0 unspecified atom stereocenters. The highest BCUT2D eigenvalue weighted by Crippen LogP contribution is 2.34. The zero-order valence-electron chi connectivity index (χ0n) is 14.0. The summed E-state index contributed by atoms with van der Waals surface area (Å²) < 4.78 is 42.5. The first-order chi connectivity index (χ1) is 11.6. The van der Waals surface area contributed by atoms with Crippen molar-refractivity contribution in [2.75, 3.05) is 12.1 Å². The van der Waals surface area contributed by atoms with Gasteiger partial charge >= 0.3 is 0 Å². The van der Waals surface area contributed by atoms with Crippen molar-refractivity contribution in [3.8, 4) is 11.5 Å². The molecule has 8 nitrogen and oxygen atoms in total. The number of rotatable bonds is 4. The minimum atomic E-state index is -3.84. The van der Waals surface area contributed by atoms with Crippen LogP contribution < -0.4 is 19.5 Å². The first kappa shape index (κ1) is 17.3. The summed E-state index contributed by atoms with van der Waals surface area (Å²) in [6.07, 6.45) is 0. The average Bonchev–Trinajstić information content (AvgIpc) is 3.14. The predicted octanol–water partition coefficient (Wildman–Crippen LogP) is 2.34. The maximum absolute atomic E-state index is 12.2. The molecule has 0 atom stereocenters. The summed E-state index contributed by atoms with van der Waals surface area (Å²) in [4.78, 5) is 12.2. The predicted molar refractivity (Wildman–Crippen MR) is 89.3 cm³/mol. The van der Waals surface area contributed by atoms with Gasteiger partial charge in [-0.3, -0.25) is 4.79 Å². The molecule has 3 rings (SSSR count). The molecular weight excluding hydrogens is 348 g/mol. The number of benzene rings is 1. The third-order valence-corrected chi connectivity index (χ3v) is 4.77. The Morgan fingerprint density at radius 2 is 1.80 bits per heavy atom. The van der Waals surface area contributed by atoms with Crippen LogP contribution in [0.5, 0.6) is 11.5 Å². The molecule has 1 aliphatic rings. The van der Waals surface area contributed by atoms with Gasteiger partial charge in [-0.15, -0.1) is 0 Å². The molecule has 0 spiro atoms. The molecule has 2 aromatic rings. The third-order valence-electron chi connectivity index (χ3n) is 3.14. The smallest absolute Gasteiger partial charge is 0.291 e. The Kier molecular flexibility index (Phi) is 4.21. The highest BCUT2D eigenvalue weighted by atomic mass is 32.2. The van der Waals surface area contributed by atoms with Gasteiger partial charge < -0.3 is 19.2 Å². The second-order valence-corrected chi connectivity index (χ2v) is 8.11. The van der Waals surface area contributed by atoms with Gasteiger partial charge in [0.05, 0.1) is 0 Å². The SMILES string of the molecule is CC(C)(C)NS(=O)(=O)c1ccc(C(=O)Nc2ccc3c(c2)OCO3)o1. The zero-order valence-corrected chi connectivity index (χ0v) is 14.8. The van der Waals surface area contributed by atoms with E-state index in [0.717, 1.165) is 0 Å². The standard InChI is InChI=1S/C16H18N2O6S/c1-16(2,3)18-25(20,21)14-7-6-12(24-14)15(19)17-10-4-5-11-13(8-10)23-9-22-11/h4-8,18H,9H2,1-3H3,(H,17,19). The summed E-state index contributed by atoms with van der Waals surface area (Å²) in [5.41, 5.74) is -0.191. The molecule has 0 saturated carbocycles. The first-order valence-corrected chi connectivity index (χ1v) is 8.97. The van der Waals surface area contributed by atoms with Crippen LogP contribution in [0.25, 0.3) is 0 Å². The zero-order chi connectivity index (χ0) is 18.2. The number of carbonyl (C=O) groups excluding carboxylic acids is 1. The highest BCUT2D eigenvalue weighted by molar-refractivity contribution is 7.89. The van der Waals surface area contributed by atoms with E-state index in [9.17, 15) is 13.2 Å². The number of amides is 1. The number of sulfonamides is 1. The van der Waals surface area contributed by atoms with Gasteiger partial charge in [-0.25, -0.2) is 13.1 Å². The number of nitrogens with one attached hydrogen (secondary N) is 2. The van der Waals surface area contributed by atoms with Gasteiger partial charge in [-0.05, 0) is 45.0 Å². The molecule has 0 aliphatic carbocycles. The van der Waals surface area contributed by atoms with E-state index >= 15 is 0 Å². The molecule has 1 amide bonds. The van der Waals surface area contributed by atoms with E-state index in [-0.39, 0.29) is 17.6 Å². The summed E-state index contributed by atoms with van der Waals surface area (Å²) in [5.74, 6) is 0.426. The fraction of sp³-hybridized carbons (Fsp3) is 0.312. The van der Waals surface area contributed by atoms with Crippen LogP contribution in [0.3, 0.4) is 0 Å². The van der Waals surface area contributed by atoms with E-state index in [1.54, 1.807) is 39.0 Å². The minimum Gasteiger partial charge on any atom is -0.454 e. The normalized spacial score (nSPS) is 13.7. The van der Waals surface area contributed by atoms with Crippen LogP contribution in [0.1, 0.15) is 31.3 Å². The molecule has 0 saturated heterocycles. The molecule has 1 aromatic heterocycles. The van der Waals surface area contributed by atoms with Crippen molar-refractivity contribution in [1.29, 1.82) is 0 Å².